The van der Waals surface area contributed by atoms with Crippen molar-refractivity contribution in [2.75, 3.05) is 13.1 Å². The van der Waals surface area contributed by atoms with Gasteiger partial charge in [-0.25, -0.2) is 0 Å². The van der Waals surface area contributed by atoms with Gasteiger partial charge in [0.1, 0.15) is 6.33 Å². The number of rotatable bonds is 6. The van der Waals surface area contributed by atoms with Gasteiger partial charge in [0, 0.05) is 12.6 Å². The number of nitrogens with one attached hydrogen (secondary N) is 2. The maximum absolute atomic E-state index is 12.2. The standard InChI is InChI=1S/C13H18N6O/c1-3-14-10(2)8-15-13(20)11-6-4-5-7-12(11)19-9-16-17-18-19/h4-7,9-10,14H,3,8H2,1-2H3,(H,15,20)/t10-/m1/s1. The molecule has 1 heterocycles. The van der Waals surface area contributed by atoms with Crippen LogP contribution >= 0.6 is 0 Å². The Morgan fingerprint density at radius 1 is 1.40 bits per heavy atom. The van der Waals surface area contributed by atoms with E-state index in [0.29, 0.717) is 17.8 Å². The Kier molecular flexibility index (Phi) is 4.78. The molecular weight excluding hydrogens is 256 g/mol. The SMILES string of the molecule is CCN[C@H](C)CNC(=O)c1ccccc1-n1cnnn1. The van der Waals surface area contributed by atoms with E-state index in [-0.39, 0.29) is 11.9 Å². The van der Waals surface area contributed by atoms with Gasteiger partial charge in [0.05, 0.1) is 11.3 Å². The molecule has 20 heavy (non-hydrogen) atoms. The molecule has 0 radical (unpaired) electrons. The molecule has 0 unspecified atom stereocenters. The van der Waals surface area contributed by atoms with Crippen LogP contribution in [0.15, 0.2) is 30.6 Å². The van der Waals surface area contributed by atoms with Crippen LogP contribution in [-0.4, -0.2) is 45.2 Å². The summed E-state index contributed by atoms with van der Waals surface area (Å²) < 4.78 is 1.47. The zero-order valence-electron chi connectivity index (χ0n) is 11.6. The van der Waals surface area contributed by atoms with Crippen LogP contribution < -0.4 is 10.6 Å². The lowest BCUT2D eigenvalue weighted by Crippen LogP contribution is -2.39. The van der Waals surface area contributed by atoms with Gasteiger partial charge >= 0.3 is 0 Å². The summed E-state index contributed by atoms with van der Waals surface area (Å²) in [6.07, 6.45) is 1.47. The molecule has 0 spiro atoms. The first-order valence-electron chi connectivity index (χ1n) is 6.56. The fourth-order valence-electron chi connectivity index (χ4n) is 1.90. The molecule has 2 rings (SSSR count). The highest BCUT2D eigenvalue weighted by molar-refractivity contribution is 5.97. The normalized spacial score (nSPS) is 12.1. The van der Waals surface area contributed by atoms with Gasteiger partial charge < -0.3 is 10.6 Å². The first-order valence-corrected chi connectivity index (χ1v) is 6.56. The molecular formula is C13H18N6O. The third-order valence-corrected chi connectivity index (χ3v) is 2.87. The summed E-state index contributed by atoms with van der Waals surface area (Å²) in [6.45, 7) is 5.50. The summed E-state index contributed by atoms with van der Waals surface area (Å²) in [5, 5.41) is 17.1. The number of para-hydroxylation sites is 1. The van der Waals surface area contributed by atoms with Crippen molar-refractivity contribution in [2.45, 2.75) is 19.9 Å². The molecule has 0 aliphatic rings. The van der Waals surface area contributed by atoms with Crippen molar-refractivity contribution in [3.05, 3.63) is 36.2 Å². The zero-order chi connectivity index (χ0) is 14.4. The lowest BCUT2D eigenvalue weighted by molar-refractivity contribution is 0.0950. The third kappa shape index (κ3) is 3.39. The summed E-state index contributed by atoms with van der Waals surface area (Å²) in [5.41, 5.74) is 1.20. The van der Waals surface area contributed by atoms with Gasteiger partial charge in [0.15, 0.2) is 0 Å². The van der Waals surface area contributed by atoms with Crippen LogP contribution in [0.25, 0.3) is 5.69 Å². The molecule has 0 saturated heterocycles. The second-order valence-electron chi connectivity index (χ2n) is 4.44. The van der Waals surface area contributed by atoms with Crippen molar-refractivity contribution < 1.29 is 4.79 Å². The van der Waals surface area contributed by atoms with Crippen molar-refractivity contribution in [2.24, 2.45) is 0 Å². The van der Waals surface area contributed by atoms with Crippen molar-refractivity contribution >= 4 is 5.91 Å². The molecule has 1 aromatic heterocycles. The Balaban J connectivity index is 2.11. The van der Waals surface area contributed by atoms with E-state index < -0.39 is 0 Å². The van der Waals surface area contributed by atoms with Gasteiger partial charge in [-0.3, -0.25) is 4.79 Å². The molecule has 0 fully saturated rings. The first kappa shape index (κ1) is 14.1. The van der Waals surface area contributed by atoms with Gasteiger partial charge in [0.2, 0.25) is 0 Å². The van der Waals surface area contributed by atoms with Gasteiger partial charge in [-0.15, -0.1) is 5.10 Å². The monoisotopic (exact) mass is 274 g/mol. The molecule has 106 valence electrons. The van der Waals surface area contributed by atoms with Crippen LogP contribution in [0.1, 0.15) is 24.2 Å². The molecule has 2 aromatic rings. The number of amides is 1. The highest BCUT2D eigenvalue weighted by Gasteiger charge is 2.13. The van der Waals surface area contributed by atoms with Crippen molar-refractivity contribution in [3.63, 3.8) is 0 Å². The molecule has 0 aliphatic carbocycles. The fraction of sp³-hybridized carbons (Fsp3) is 0.385. The molecule has 1 aromatic carbocycles. The smallest absolute Gasteiger partial charge is 0.253 e. The second kappa shape index (κ2) is 6.76. The van der Waals surface area contributed by atoms with Gasteiger partial charge in [0.25, 0.3) is 5.91 Å². The summed E-state index contributed by atoms with van der Waals surface area (Å²) in [6, 6.07) is 7.44. The number of hydrogen-bond acceptors (Lipinski definition) is 5. The number of nitrogens with zero attached hydrogens (tertiary/aromatic N) is 4. The lowest BCUT2D eigenvalue weighted by atomic mass is 10.1. The minimum absolute atomic E-state index is 0.138. The summed E-state index contributed by atoms with van der Waals surface area (Å²) in [5.74, 6) is -0.138. The highest BCUT2D eigenvalue weighted by Crippen LogP contribution is 2.12. The topological polar surface area (TPSA) is 84.7 Å². The Morgan fingerprint density at radius 3 is 2.90 bits per heavy atom. The molecule has 0 bridgehead atoms. The molecule has 0 aliphatic heterocycles. The van der Waals surface area contributed by atoms with E-state index in [1.165, 1.54) is 11.0 Å². The number of aromatic nitrogens is 4. The van der Waals surface area contributed by atoms with Crippen molar-refractivity contribution in [3.8, 4) is 5.69 Å². The van der Waals surface area contributed by atoms with E-state index >= 15 is 0 Å². The van der Waals surface area contributed by atoms with Gasteiger partial charge in [-0.05, 0) is 36.0 Å². The molecule has 7 heteroatoms. The van der Waals surface area contributed by atoms with E-state index in [9.17, 15) is 4.79 Å². The zero-order valence-corrected chi connectivity index (χ0v) is 11.6. The molecule has 1 amide bonds. The van der Waals surface area contributed by atoms with Crippen LogP contribution in [0.4, 0.5) is 0 Å². The summed E-state index contributed by atoms with van der Waals surface area (Å²) >= 11 is 0. The first-order chi connectivity index (χ1) is 9.72. The number of likely N-dealkylation sites (N-methyl/N-ethyl adjacent to an activating group) is 1. The van der Waals surface area contributed by atoms with Crippen molar-refractivity contribution in [1.29, 1.82) is 0 Å². The van der Waals surface area contributed by atoms with Crippen LogP contribution in [0, 0.1) is 0 Å². The maximum atomic E-state index is 12.2. The fourth-order valence-corrected chi connectivity index (χ4v) is 1.90. The maximum Gasteiger partial charge on any atom is 0.253 e. The predicted molar refractivity (Wildman–Crippen MR) is 74.6 cm³/mol. The molecule has 7 nitrogen and oxygen atoms in total. The van der Waals surface area contributed by atoms with Crippen molar-refractivity contribution in [1.82, 2.24) is 30.8 Å². The summed E-state index contributed by atoms with van der Waals surface area (Å²) in [7, 11) is 0. The van der Waals surface area contributed by atoms with Crippen LogP contribution in [0.2, 0.25) is 0 Å². The largest absolute Gasteiger partial charge is 0.350 e. The Labute approximate surface area is 117 Å². The van der Waals surface area contributed by atoms with E-state index in [2.05, 4.69) is 26.2 Å². The molecule has 1 atom stereocenters. The van der Waals surface area contributed by atoms with E-state index in [1.807, 2.05) is 26.0 Å². The number of tetrazole rings is 1. The average molecular weight is 274 g/mol. The van der Waals surface area contributed by atoms with Crippen LogP contribution in [-0.2, 0) is 0 Å². The minimum Gasteiger partial charge on any atom is -0.350 e. The molecule has 0 saturated carbocycles. The molecule has 2 N–H and O–H groups in total. The number of carbonyl (C=O) groups is 1. The lowest BCUT2D eigenvalue weighted by Gasteiger charge is -2.14. The number of hydrogen-bond donors (Lipinski definition) is 2. The average Bonchev–Trinajstić information content (AvgIpc) is 2.99. The Hall–Kier alpha value is -2.28. The van der Waals surface area contributed by atoms with Crippen LogP contribution in [0.3, 0.4) is 0 Å². The Bertz CT molecular complexity index is 554. The Morgan fingerprint density at radius 2 is 2.20 bits per heavy atom. The third-order valence-electron chi connectivity index (χ3n) is 2.87. The highest BCUT2D eigenvalue weighted by atomic mass is 16.1. The summed E-state index contributed by atoms with van der Waals surface area (Å²) in [4.78, 5) is 12.2. The quantitative estimate of drug-likeness (QED) is 0.796. The van der Waals surface area contributed by atoms with Gasteiger partial charge in [-0.2, -0.15) is 4.68 Å². The van der Waals surface area contributed by atoms with E-state index in [0.717, 1.165) is 6.54 Å². The second-order valence-corrected chi connectivity index (χ2v) is 4.44. The number of benzene rings is 1. The predicted octanol–water partition coefficient (Wildman–Crippen LogP) is 0.390. The minimum atomic E-state index is -0.138. The van der Waals surface area contributed by atoms with Crippen LogP contribution in [0.5, 0.6) is 0 Å². The van der Waals surface area contributed by atoms with Gasteiger partial charge in [-0.1, -0.05) is 19.1 Å². The van der Waals surface area contributed by atoms with E-state index in [4.69, 9.17) is 0 Å². The number of carbonyl (C=O) groups excluding carboxylic acids is 1. The van der Waals surface area contributed by atoms with E-state index in [1.54, 1.807) is 12.1 Å².